The van der Waals surface area contributed by atoms with Gasteiger partial charge in [0, 0.05) is 11.3 Å². The van der Waals surface area contributed by atoms with Gasteiger partial charge in [0.2, 0.25) is 5.88 Å². The minimum Gasteiger partial charge on any atom is -0.337 e. The predicted octanol–water partition coefficient (Wildman–Crippen LogP) is 5.47. The first-order valence-electron chi connectivity index (χ1n) is 9.49. The van der Waals surface area contributed by atoms with Crippen LogP contribution in [-0.4, -0.2) is 55.5 Å². The van der Waals surface area contributed by atoms with Gasteiger partial charge in [-0.2, -0.15) is 43.9 Å². The summed E-state index contributed by atoms with van der Waals surface area (Å²) in [7, 11) is -4.46. The summed E-state index contributed by atoms with van der Waals surface area (Å²) in [5.74, 6) is -41.1. The summed E-state index contributed by atoms with van der Waals surface area (Å²) in [5, 5.41) is 4.36. The van der Waals surface area contributed by atoms with Gasteiger partial charge in [-0.25, -0.2) is 21.9 Å². The number of amides is 1. The molecule has 0 fully saturated rings. The molecular weight excluding hydrogens is 582 g/mol. The van der Waals surface area contributed by atoms with E-state index in [-0.39, 0.29) is 11.4 Å². The lowest BCUT2D eigenvalue weighted by molar-refractivity contribution is -0.406. The van der Waals surface area contributed by atoms with Crippen molar-refractivity contribution in [2.45, 2.75) is 54.8 Å². The highest BCUT2D eigenvalue weighted by Gasteiger charge is 2.89. The number of carbonyl (C=O) groups excluding carboxylic acids is 1. The van der Waals surface area contributed by atoms with Crippen LogP contribution in [0, 0.1) is 13.8 Å². The first-order valence-corrected chi connectivity index (χ1v) is 11.0. The van der Waals surface area contributed by atoms with Crippen LogP contribution >= 0.6 is 0 Å². The Bertz CT molecular complexity index is 1290. The van der Waals surface area contributed by atoms with E-state index >= 15 is 0 Å². The van der Waals surface area contributed by atoms with E-state index in [1.807, 2.05) is 4.72 Å². The lowest BCUT2D eigenvalue weighted by atomic mass is 9.94. The fraction of sp³-hybridized carbons (Fsp3) is 0.444. The molecule has 0 radical (unpaired) electrons. The molecule has 1 aromatic heterocycles. The third kappa shape index (κ3) is 4.84. The molecule has 2 N–H and O–H groups in total. The Morgan fingerprint density at radius 3 is 1.79 bits per heavy atom. The van der Waals surface area contributed by atoms with Crippen LogP contribution in [0.15, 0.2) is 33.7 Å². The number of nitrogens with zero attached hydrogens (tertiary/aromatic N) is 1. The minimum atomic E-state index is -7.87. The van der Waals surface area contributed by atoms with E-state index < -0.39 is 62.6 Å². The van der Waals surface area contributed by atoms with Crippen molar-refractivity contribution in [3.8, 4) is 0 Å². The molecule has 0 spiro atoms. The average molecular weight is 595 g/mol. The van der Waals surface area contributed by atoms with Crippen molar-refractivity contribution in [2.75, 3.05) is 10.0 Å². The summed E-state index contributed by atoms with van der Waals surface area (Å²) in [4.78, 5) is 10.9. The largest absolute Gasteiger partial charge is 0.393 e. The van der Waals surface area contributed by atoms with Gasteiger partial charge in [-0.05, 0) is 38.1 Å². The second kappa shape index (κ2) is 9.53. The third-order valence-corrected chi connectivity index (χ3v) is 6.31. The Hall–Kier alpha value is -3.19. The lowest BCUT2D eigenvalue weighted by Crippen LogP contribution is -2.70. The van der Waals surface area contributed by atoms with Crippen molar-refractivity contribution >= 4 is 27.5 Å². The number of nitrogens with one attached hydrogen (secondary N) is 2. The summed E-state index contributed by atoms with van der Waals surface area (Å²) in [6.45, 7) is 2.89. The third-order valence-electron chi connectivity index (χ3n) is 4.97. The number of aryl methyl sites for hydroxylation is 1. The fourth-order valence-corrected chi connectivity index (χ4v) is 3.55. The number of rotatable bonds is 10. The van der Waals surface area contributed by atoms with Crippen LogP contribution in [0.3, 0.4) is 0 Å². The first-order chi connectivity index (χ1) is 16.9. The summed E-state index contributed by atoms with van der Waals surface area (Å²) < 4.78 is 190. The number of halogens is 12. The molecule has 0 bridgehead atoms. The van der Waals surface area contributed by atoms with Crippen LogP contribution in [0.25, 0.3) is 0 Å². The molecule has 0 aliphatic heterocycles. The van der Waals surface area contributed by atoms with Gasteiger partial charge >= 0.3 is 41.9 Å². The number of aromatic nitrogens is 1. The Balaban J connectivity index is 2.30. The fourth-order valence-electron chi connectivity index (χ4n) is 2.50. The maximum Gasteiger partial charge on any atom is 0.393 e. The predicted molar refractivity (Wildman–Crippen MR) is 103 cm³/mol. The Kier molecular flexibility index (Phi) is 7.78. The number of benzene rings is 1. The van der Waals surface area contributed by atoms with E-state index in [9.17, 15) is 65.9 Å². The maximum atomic E-state index is 13.9. The molecule has 1 amide bonds. The smallest absolute Gasteiger partial charge is 0.337 e. The summed E-state index contributed by atoms with van der Waals surface area (Å²) >= 11 is 0. The van der Waals surface area contributed by atoms with Gasteiger partial charge < -0.3 is 9.84 Å². The van der Waals surface area contributed by atoms with E-state index in [2.05, 4.69) is 5.16 Å². The molecule has 2 aromatic rings. The highest BCUT2D eigenvalue weighted by atomic mass is 32.2. The van der Waals surface area contributed by atoms with E-state index in [1.54, 1.807) is 0 Å². The normalized spacial score (nSPS) is 14.1. The van der Waals surface area contributed by atoms with Gasteiger partial charge in [0.1, 0.15) is 0 Å². The van der Waals surface area contributed by atoms with Crippen molar-refractivity contribution < 1.29 is 70.4 Å². The lowest BCUT2D eigenvalue weighted by Gasteiger charge is -2.38. The van der Waals surface area contributed by atoms with Crippen molar-refractivity contribution in [2.24, 2.45) is 0 Å². The molecule has 0 aliphatic rings. The van der Waals surface area contributed by atoms with Gasteiger partial charge in [0.05, 0.1) is 10.6 Å². The van der Waals surface area contributed by atoms with Crippen LogP contribution in [-0.2, 0) is 14.8 Å². The van der Waals surface area contributed by atoms with Crippen molar-refractivity contribution in [3.63, 3.8) is 0 Å². The molecule has 0 aliphatic carbocycles. The van der Waals surface area contributed by atoms with Crippen LogP contribution in [0.2, 0.25) is 0 Å². The number of anilines is 2. The van der Waals surface area contributed by atoms with Crippen LogP contribution in [0.1, 0.15) is 11.3 Å². The zero-order valence-corrected chi connectivity index (χ0v) is 19.2. The number of carbonyl (C=O) groups is 1. The Morgan fingerprint density at radius 2 is 1.37 bits per heavy atom. The average Bonchev–Trinajstić information content (AvgIpc) is 3.10. The summed E-state index contributed by atoms with van der Waals surface area (Å²) in [5.41, 5.74) is -0.404. The summed E-state index contributed by atoms with van der Waals surface area (Å²) in [6.07, 6.45) is -5.68. The molecule has 1 aromatic carbocycles. The van der Waals surface area contributed by atoms with Gasteiger partial charge in [-0.15, -0.1) is 0 Å². The maximum absolute atomic E-state index is 13.9. The molecule has 0 saturated carbocycles. The molecule has 1 heterocycles. The van der Waals surface area contributed by atoms with E-state index in [0.29, 0.717) is 30.0 Å². The van der Waals surface area contributed by atoms with Gasteiger partial charge in [0.25, 0.3) is 10.0 Å². The number of hydrogen-bond acceptors (Lipinski definition) is 5. The van der Waals surface area contributed by atoms with Crippen molar-refractivity contribution in [1.29, 1.82) is 0 Å². The second-order valence-electron chi connectivity index (χ2n) is 7.53. The van der Waals surface area contributed by atoms with Crippen LogP contribution < -0.4 is 10.0 Å². The highest BCUT2D eigenvalue weighted by molar-refractivity contribution is 7.92. The highest BCUT2D eigenvalue weighted by Crippen LogP contribution is 2.58. The quantitative estimate of drug-likeness (QED) is 0.355. The molecule has 7 nitrogen and oxygen atoms in total. The number of sulfonamides is 1. The van der Waals surface area contributed by atoms with E-state index in [0.717, 1.165) is 5.32 Å². The molecule has 20 heteroatoms. The topological polar surface area (TPSA) is 101 Å². The molecule has 2 rings (SSSR count). The standard InChI is InChI=1S/C18H13F12N3O4S/c1-7-8(2)32-37-11(7)33-38(35,36)10-5-3-9(4-6-10)31-13(34)15(23,24)17(27,28)18(29,30)16(25,26)14(21,22)12(19)20/h3-6,12,33H,1-2H3,(H,31,34). The Labute approximate surface area is 204 Å². The zero-order valence-electron chi connectivity index (χ0n) is 18.4. The summed E-state index contributed by atoms with van der Waals surface area (Å²) in [6, 6.07) is 2.10. The number of hydrogen-bond donors (Lipinski definition) is 2. The van der Waals surface area contributed by atoms with Crippen molar-refractivity contribution in [3.05, 3.63) is 35.5 Å². The van der Waals surface area contributed by atoms with Crippen LogP contribution in [0.5, 0.6) is 0 Å². The van der Waals surface area contributed by atoms with Gasteiger partial charge in [-0.1, -0.05) is 5.16 Å². The van der Waals surface area contributed by atoms with E-state index in [4.69, 9.17) is 4.52 Å². The van der Waals surface area contributed by atoms with Gasteiger partial charge in [0.15, 0.2) is 0 Å². The second-order valence-corrected chi connectivity index (χ2v) is 9.21. The zero-order chi connectivity index (χ0) is 29.7. The minimum absolute atomic E-state index is 0.273. The van der Waals surface area contributed by atoms with Crippen LogP contribution in [0.4, 0.5) is 64.3 Å². The van der Waals surface area contributed by atoms with Crippen molar-refractivity contribution in [1.82, 2.24) is 5.16 Å². The molecular formula is C18H13F12N3O4S. The SMILES string of the molecule is Cc1noc(NS(=O)(=O)c2ccc(NC(=O)C(F)(F)C(F)(F)C(F)(F)C(F)(F)C(F)(F)C(F)F)cc2)c1C. The Morgan fingerprint density at radius 1 is 0.868 bits per heavy atom. The molecule has 214 valence electrons. The molecule has 0 unspecified atom stereocenters. The van der Waals surface area contributed by atoms with E-state index in [1.165, 1.54) is 13.8 Å². The first kappa shape index (κ1) is 31.0. The molecule has 0 atom stereocenters. The molecule has 38 heavy (non-hydrogen) atoms. The van der Waals surface area contributed by atoms with Gasteiger partial charge in [-0.3, -0.25) is 4.79 Å². The monoisotopic (exact) mass is 595 g/mol. The molecule has 0 saturated heterocycles. The number of alkyl halides is 12.